The fraction of sp³-hybridized carbons (Fsp3) is 0. The average Bonchev–Trinajstić information content (AvgIpc) is 3.15. The Bertz CT molecular complexity index is 1060. The van der Waals surface area contributed by atoms with Gasteiger partial charge in [0.05, 0.1) is 4.92 Å². The Morgan fingerprint density at radius 3 is 2.59 bits per heavy atom. The number of carbonyl (C=O) groups excluding carboxylic acids is 1. The number of benzene rings is 2. The molecule has 0 radical (unpaired) electrons. The van der Waals surface area contributed by atoms with E-state index in [0.717, 1.165) is 5.56 Å². The zero-order chi connectivity index (χ0) is 19.2. The highest BCUT2D eigenvalue weighted by molar-refractivity contribution is 6.09. The van der Waals surface area contributed by atoms with E-state index >= 15 is 0 Å². The lowest BCUT2D eigenvalue weighted by atomic mass is 10.2. The third kappa shape index (κ3) is 4.27. The summed E-state index contributed by atoms with van der Waals surface area (Å²) >= 11 is 0. The van der Waals surface area contributed by atoms with E-state index in [1.165, 1.54) is 30.3 Å². The van der Waals surface area contributed by atoms with Gasteiger partial charge < -0.3 is 9.73 Å². The van der Waals surface area contributed by atoms with Crippen LogP contribution in [0.1, 0.15) is 5.76 Å². The number of rotatable bonds is 5. The Balaban J connectivity index is 1.79. The quantitative estimate of drug-likeness (QED) is 0.314. The normalized spacial score (nSPS) is 10.9. The first-order valence-electron chi connectivity index (χ1n) is 7.89. The van der Waals surface area contributed by atoms with Crippen LogP contribution in [0.3, 0.4) is 0 Å². The number of carbonyl (C=O) groups is 1. The topological polar surface area (TPSA) is 109 Å². The highest BCUT2D eigenvalue weighted by atomic mass is 16.6. The molecule has 0 unspecified atom stereocenters. The minimum Gasteiger partial charge on any atom is -0.457 e. The van der Waals surface area contributed by atoms with E-state index in [4.69, 9.17) is 4.42 Å². The molecular formula is C20H13N3O4. The van der Waals surface area contributed by atoms with Crippen LogP contribution < -0.4 is 5.32 Å². The first kappa shape index (κ1) is 17.6. The number of anilines is 1. The first-order chi connectivity index (χ1) is 13.1. The second-order valence-corrected chi connectivity index (χ2v) is 5.50. The molecule has 1 N–H and O–H groups in total. The van der Waals surface area contributed by atoms with Crippen molar-refractivity contribution >= 4 is 23.4 Å². The van der Waals surface area contributed by atoms with Crippen LogP contribution in [-0.2, 0) is 4.79 Å². The van der Waals surface area contributed by atoms with Gasteiger partial charge in [-0.15, -0.1) is 0 Å². The van der Waals surface area contributed by atoms with Crippen LogP contribution in [0.4, 0.5) is 11.4 Å². The Kier molecular flexibility index (Phi) is 5.10. The number of nitrogens with one attached hydrogen (secondary N) is 1. The molecule has 1 amide bonds. The number of amides is 1. The van der Waals surface area contributed by atoms with Gasteiger partial charge in [-0.1, -0.05) is 36.4 Å². The standard InChI is InChI=1S/C20H13N3O4/c21-13-15(20(24)22-16-7-4-8-17(12-16)23(25)26)11-18-9-10-19(27-18)14-5-2-1-3-6-14/h1-12H,(H,22,24). The van der Waals surface area contributed by atoms with Crippen LogP contribution in [-0.4, -0.2) is 10.8 Å². The molecule has 0 spiro atoms. The number of nitrogens with zero attached hydrogens (tertiary/aromatic N) is 2. The zero-order valence-electron chi connectivity index (χ0n) is 14.0. The molecule has 0 aliphatic rings. The van der Waals surface area contributed by atoms with Gasteiger partial charge in [-0.05, 0) is 18.2 Å². The van der Waals surface area contributed by atoms with E-state index in [-0.39, 0.29) is 16.9 Å². The zero-order valence-corrected chi connectivity index (χ0v) is 14.0. The maximum atomic E-state index is 12.3. The van der Waals surface area contributed by atoms with Crippen LogP contribution >= 0.6 is 0 Å². The van der Waals surface area contributed by atoms with Crippen molar-refractivity contribution in [1.82, 2.24) is 0 Å². The number of nitro groups is 1. The van der Waals surface area contributed by atoms with Crippen LogP contribution in [0.15, 0.2) is 76.7 Å². The van der Waals surface area contributed by atoms with E-state index in [2.05, 4.69) is 5.32 Å². The summed E-state index contributed by atoms with van der Waals surface area (Å²) < 4.78 is 5.66. The molecule has 2 aromatic carbocycles. The van der Waals surface area contributed by atoms with Crippen molar-refractivity contribution in [2.45, 2.75) is 0 Å². The molecule has 0 fully saturated rings. The predicted molar refractivity (Wildman–Crippen MR) is 99.5 cm³/mol. The largest absolute Gasteiger partial charge is 0.457 e. The van der Waals surface area contributed by atoms with Gasteiger partial charge in [0.15, 0.2) is 0 Å². The van der Waals surface area contributed by atoms with Crippen LogP contribution in [0.2, 0.25) is 0 Å². The van der Waals surface area contributed by atoms with Gasteiger partial charge >= 0.3 is 0 Å². The molecule has 0 saturated heterocycles. The van der Waals surface area contributed by atoms with Crippen molar-refractivity contribution < 1.29 is 14.1 Å². The molecule has 132 valence electrons. The second-order valence-electron chi connectivity index (χ2n) is 5.50. The maximum absolute atomic E-state index is 12.3. The summed E-state index contributed by atoms with van der Waals surface area (Å²) in [5.74, 6) is 0.272. The summed E-state index contributed by atoms with van der Waals surface area (Å²) in [4.78, 5) is 22.5. The van der Waals surface area contributed by atoms with Crippen LogP contribution in [0, 0.1) is 21.4 Å². The molecule has 0 bridgehead atoms. The summed E-state index contributed by atoms with van der Waals surface area (Å²) in [5.41, 5.74) is 0.751. The third-order valence-electron chi connectivity index (χ3n) is 3.65. The molecule has 3 rings (SSSR count). The number of furan rings is 1. The van der Waals surface area contributed by atoms with Crippen LogP contribution in [0.5, 0.6) is 0 Å². The number of hydrogen-bond acceptors (Lipinski definition) is 5. The summed E-state index contributed by atoms with van der Waals surface area (Å²) in [5, 5.41) is 22.6. The number of hydrogen-bond donors (Lipinski definition) is 1. The summed E-state index contributed by atoms with van der Waals surface area (Å²) in [6, 6.07) is 20.1. The third-order valence-corrected chi connectivity index (χ3v) is 3.65. The maximum Gasteiger partial charge on any atom is 0.271 e. The highest BCUT2D eigenvalue weighted by Gasteiger charge is 2.13. The van der Waals surface area contributed by atoms with E-state index in [1.807, 2.05) is 36.4 Å². The van der Waals surface area contributed by atoms with Gasteiger partial charge in [0.2, 0.25) is 0 Å². The van der Waals surface area contributed by atoms with E-state index in [9.17, 15) is 20.2 Å². The SMILES string of the molecule is N#CC(=Cc1ccc(-c2ccccc2)o1)C(=O)Nc1cccc([N+](=O)[O-])c1. The molecule has 7 nitrogen and oxygen atoms in total. The molecule has 27 heavy (non-hydrogen) atoms. The fourth-order valence-electron chi connectivity index (χ4n) is 2.37. The van der Waals surface area contributed by atoms with Crippen molar-refractivity contribution in [3.8, 4) is 17.4 Å². The molecule has 0 atom stereocenters. The number of non-ortho nitro benzene ring substituents is 1. The molecule has 0 aliphatic heterocycles. The Morgan fingerprint density at radius 1 is 1.11 bits per heavy atom. The fourth-order valence-corrected chi connectivity index (χ4v) is 2.37. The minimum atomic E-state index is -0.685. The molecule has 0 aliphatic carbocycles. The van der Waals surface area contributed by atoms with Crippen molar-refractivity contribution in [1.29, 1.82) is 5.26 Å². The first-order valence-corrected chi connectivity index (χ1v) is 7.89. The predicted octanol–water partition coefficient (Wildman–Crippen LogP) is 4.40. The Morgan fingerprint density at radius 2 is 1.89 bits per heavy atom. The Labute approximate surface area is 154 Å². The molecule has 1 heterocycles. The Hall–Kier alpha value is -4.18. The smallest absolute Gasteiger partial charge is 0.271 e. The second kappa shape index (κ2) is 7.80. The van der Waals surface area contributed by atoms with Crippen molar-refractivity contribution in [3.63, 3.8) is 0 Å². The lowest BCUT2D eigenvalue weighted by molar-refractivity contribution is -0.384. The number of nitriles is 1. The monoisotopic (exact) mass is 359 g/mol. The lowest BCUT2D eigenvalue weighted by Crippen LogP contribution is -2.13. The van der Waals surface area contributed by atoms with E-state index < -0.39 is 10.8 Å². The van der Waals surface area contributed by atoms with Gasteiger partial charge in [-0.2, -0.15) is 5.26 Å². The van der Waals surface area contributed by atoms with E-state index in [0.29, 0.717) is 11.5 Å². The van der Waals surface area contributed by atoms with Gasteiger partial charge in [0.1, 0.15) is 23.2 Å². The van der Waals surface area contributed by atoms with Gasteiger partial charge in [0.25, 0.3) is 11.6 Å². The molecule has 7 heteroatoms. The molecule has 1 aromatic heterocycles. The van der Waals surface area contributed by atoms with Crippen molar-refractivity contribution in [2.75, 3.05) is 5.32 Å². The van der Waals surface area contributed by atoms with Crippen molar-refractivity contribution in [3.05, 3.63) is 88.2 Å². The van der Waals surface area contributed by atoms with Gasteiger partial charge in [-0.3, -0.25) is 14.9 Å². The molecule has 0 saturated carbocycles. The molecular weight excluding hydrogens is 346 g/mol. The van der Waals surface area contributed by atoms with E-state index in [1.54, 1.807) is 12.1 Å². The minimum absolute atomic E-state index is 0.158. The highest BCUT2D eigenvalue weighted by Crippen LogP contribution is 2.23. The average molecular weight is 359 g/mol. The molecule has 3 aromatic rings. The lowest BCUT2D eigenvalue weighted by Gasteiger charge is -2.03. The van der Waals surface area contributed by atoms with Crippen LogP contribution in [0.25, 0.3) is 17.4 Å². The van der Waals surface area contributed by atoms with Gasteiger partial charge in [0, 0.05) is 29.5 Å². The van der Waals surface area contributed by atoms with Crippen molar-refractivity contribution in [2.24, 2.45) is 0 Å². The summed E-state index contributed by atoms with van der Waals surface area (Å²) in [6.45, 7) is 0. The van der Waals surface area contributed by atoms with Gasteiger partial charge in [-0.25, -0.2) is 0 Å². The summed E-state index contributed by atoms with van der Waals surface area (Å²) in [7, 11) is 0. The summed E-state index contributed by atoms with van der Waals surface area (Å²) in [6.07, 6.45) is 1.32. The number of nitro benzene ring substituents is 1.